The molecule has 0 radical (unpaired) electrons. The molecule has 1 unspecified atom stereocenters. The predicted octanol–water partition coefficient (Wildman–Crippen LogP) is 2.52. The maximum atomic E-state index is 13.8. The number of hydrogen-bond donors (Lipinski definition) is 1. The minimum absolute atomic E-state index is 0.0895. The van der Waals surface area contributed by atoms with Crippen molar-refractivity contribution in [2.75, 3.05) is 7.11 Å². The third-order valence-electron chi connectivity index (χ3n) is 2.03. The van der Waals surface area contributed by atoms with Crippen molar-refractivity contribution in [2.45, 2.75) is 26.0 Å². The molecule has 1 rings (SSSR count). The molecule has 1 aromatic carbocycles. The molecule has 0 aromatic heterocycles. The van der Waals surface area contributed by atoms with Gasteiger partial charge in [-0.3, -0.25) is 0 Å². The lowest BCUT2D eigenvalue weighted by molar-refractivity contribution is 0.181. The molecule has 2 N–H and O–H groups in total. The molecule has 0 aliphatic heterocycles. The van der Waals surface area contributed by atoms with Crippen molar-refractivity contribution in [1.82, 2.24) is 0 Å². The van der Waals surface area contributed by atoms with Gasteiger partial charge in [0.2, 0.25) is 0 Å². The Labute approximate surface area is 94.2 Å². The molecule has 0 saturated carbocycles. The van der Waals surface area contributed by atoms with Gasteiger partial charge in [-0.05, 0) is 31.0 Å². The maximum Gasteiger partial charge on any atom is 0.132 e. The first-order chi connectivity index (χ1) is 7.04. The Morgan fingerprint density at radius 1 is 1.47 bits per heavy atom. The largest absolute Gasteiger partial charge is 0.380 e. The van der Waals surface area contributed by atoms with Crippen LogP contribution in [0.4, 0.5) is 4.39 Å². The second-order valence-electron chi connectivity index (χ2n) is 3.65. The normalized spacial score (nSPS) is 12.9. The summed E-state index contributed by atoms with van der Waals surface area (Å²) in [5, 5.41) is 0.513. The Kier molecular flexibility index (Phi) is 4.51. The number of methoxy groups -OCH3 is 1. The predicted molar refractivity (Wildman–Crippen MR) is 59.5 cm³/mol. The highest BCUT2D eigenvalue weighted by Crippen LogP contribution is 2.21. The fourth-order valence-corrected chi connectivity index (χ4v) is 1.73. The fourth-order valence-electron chi connectivity index (χ4n) is 1.46. The Morgan fingerprint density at radius 2 is 2.07 bits per heavy atom. The Morgan fingerprint density at radius 3 is 2.60 bits per heavy atom. The van der Waals surface area contributed by atoms with Gasteiger partial charge in [-0.1, -0.05) is 11.6 Å². The first-order valence-electron chi connectivity index (χ1n) is 4.76. The van der Waals surface area contributed by atoms with Crippen LogP contribution in [0.5, 0.6) is 0 Å². The van der Waals surface area contributed by atoms with Crippen LogP contribution in [0.1, 0.15) is 18.1 Å². The molecule has 0 bridgehead atoms. The SMILES string of the molecule is COCc1cc(Cl)cc(CC(C)N)c1F. The van der Waals surface area contributed by atoms with E-state index in [9.17, 15) is 4.39 Å². The topological polar surface area (TPSA) is 35.2 Å². The lowest BCUT2D eigenvalue weighted by atomic mass is 10.0. The van der Waals surface area contributed by atoms with Crippen LogP contribution in [0.3, 0.4) is 0 Å². The van der Waals surface area contributed by atoms with Crippen molar-refractivity contribution >= 4 is 11.6 Å². The molecule has 0 aliphatic rings. The van der Waals surface area contributed by atoms with E-state index in [1.165, 1.54) is 7.11 Å². The van der Waals surface area contributed by atoms with Crippen LogP contribution >= 0.6 is 11.6 Å². The van der Waals surface area contributed by atoms with E-state index < -0.39 is 0 Å². The van der Waals surface area contributed by atoms with E-state index in [1.807, 2.05) is 6.92 Å². The second kappa shape index (κ2) is 5.45. The third-order valence-corrected chi connectivity index (χ3v) is 2.25. The molecule has 0 saturated heterocycles. The summed E-state index contributed by atoms with van der Waals surface area (Å²) in [6, 6.07) is 3.10. The average molecular weight is 232 g/mol. The summed E-state index contributed by atoms with van der Waals surface area (Å²) in [4.78, 5) is 0. The van der Waals surface area contributed by atoms with Crippen LogP contribution in [-0.2, 0) is 17.8 Å². The minimum atomic E-state index is -0.265. The molecule has 4 heteroatoms. The highest BCUT2D eigenvalue weighted by atomic mass is 35.5. The highest BCUT2D eigenvalue weighted by Gasteiger charge is 2.11. The van der Waals surface area contributed by atoms with Crippen molar-refractivity contribution in [3.8, 4) is 0 Å². The van der Waals surface area contributed by atoms with Gasteiger partial charge in [0.15, 0.2) is 0 Å². The third kappa shape index (κ3) is 3.45. The maximum absolute atomic E-state index is 13.8. The summed E-state index contributed by atoms with van der Waals surface area (Å²) in [6.07, 6.45) is 0.475. The van der Waals surface area contributed by atoms with E-state index in [0.29, 0.717) is 22.6 Å². The van der Waals surface area contributed by atoms with E-state index in [1.54, 1.807) is 12.1 Å². The van der Waals surface area contributed by atoms with Crippen LogP contribution < -0.4 is 5.73 Å². The molecule has 2 nitrogen and oxygen atoms in total. The number of halogens is 2. The summed E-state index contributed by atoms with van der Waals surface area (Å²) < 4.78 is 18.7. The van der Waals surface area contributed by atoms with Gasteiger partial charge in [0, 0.05) is 23.7 Å². The molecule has 15 heavy (non-hydrogen) atoms. The number of rotatable bonds is 4. The molecule has 0 spiro atoms. The number of hydrogen-bond acceptors (Lipinski definition) is 2. The van der Waals surface area contributed by atoms with Crippen molar-refractivity contribution in [1.29, 1.82) is 0 Å². The van der Waals surface area contributed by atoms with Gasteiger partial charge < -0.3 is 10.5 Å². The number of benzene rings is 1. The Balaban J connectivity index is 3.04. The van der Waals surface area contributed by atoms with Crippen LogP contribution in [-0.4, -0.2) is 13.2 Å². The molecule has 1 aromatic rings. The Hall–Kier alpha value is -0.640. The van der Waals surface area contributed by atoms with Gasteiger partial charge in [0.25, 0.3) is 0 Å². The van der Waals surface area contributed by atoms with Crippen LogP contribution in [0.15, 0.2) is 12.1 Å². The first kappa shape index (κ1) is 12.4. The number of nitrogens with two attached hydrogens (primary N) is 1. The molecule has 1 atom stereocenters. The van der Waals surface area contributed by atoms with E-state index in [4.69, 9.17) is 22.1 Å². The van der Waals surface area contributed by atoms with E-state index in [0.717, 1.165) is 0 Å². The van der Waals surface area contributed by atoms with Crippen LogP contribution in [0, 0.1) is 5.82 Å². The molecular formula is C11H15ClFNO. The van der Waals surface area contributed by atoms with Gasteiger partial charge in [-0.2, -0.15) is 0 Å². The molecule has 0 heterocycles. The number of ether oxygens (including phenoxy) is 1. The molecule has 84 valence electrons. The monoisotopic (exact) mass is 231 g/mol. The van der Waals surface area contributed by atoms with Crippen molar-refractivity contribution in [3.63, 3.8) is 0 Å². The smallest absolute Gasteiger partial charge is 0.132 e. The second-order valence-corrected chi connectivity index (χ2v) is 4.09. The summed E-state index contributed by atoms with van der Waals surface area (Å²) in [5.74, 6) is -0.265. The van der Waals surface area contributed by atoms with E-state index in [-0.39, 0.29) is 18.5 Å². The fraction of sp³-hybridized carbons (Fsp3) is 0.455. The molecule has 0 fully saturated rings. The van der Waals surface area contributed by atoms with Gasteiger partial charge in [-0.25, -0.2) is 4.39 Å². The summed E-state index contributed by atoms with van der Waals surface area (Å²) in [5.41, 5.74) is 6.65. The zero-order chi connectivity index (χ0) is 11.4. The van der Waals surface area contributed by atoms with Crippen LogP contribution in [0.25, 0.3) is 0 Å². The van der Waals surface area contributed by atoms with Crippen LogP contribution in [0.2, 0.25) is 5.02 Å². The quantitative estimate of drug-likeness (QED) is 0.864. The summed E-state index contributed by atoms with van der Waals surface area (Å²) in [7, 11) is 1.52. The lowest BCUT2D eigenvalue weighted by Gasteiger charge is -2.10. The van der Waals surface area contributed by atoms with Gasteiger partial charge in [-0.15, -0.1) is 0 Å². The molecule has 0 aliphatic carbocycles. The average Bonchev–Trinajstić information content (AvgIpc) is 2.12. The first-order valence-corrected chi connectivity index (χ1v) is 5.13. The minimum Gasteiger partial charge on any atom is -0.380 e. The van der Waals surface area contributed by atoms with Gasteiger partial charge in [0.05, 0.1) is 6.61 Å². The molecule has 0 amide bonds. The zero-order valence-electron chi connectivity index (χ0n) is 8.89. The van der Waals surface area contributed by atoms with Gasteiger partial charge >= 0.3 is 0 Å². The lowest BCUT2D eigenvalue weighted by Crippen LogP contribution is -2.19. The van der Waals surface area contributed by atoms with Crippen molar-refractivity contribution in [3.05, 3.63) is 34.1 Å². The summed E-state index contributed by atoms with van der Waals surface area (Å²) >= 11 is 5.88. The van der Waals surface area contributed by atoms with Gasteiger partial charge in [0.1, 0.15) is 5.82 Å². The van der Waals surface area contributed by atoms with E-state index in [2.05, 4.69) is 0 Å². The Bertz CT molecular complexity index is 342. The highest BCUT2D eigenvalue weighted by molar-refractivity contribution is 6.30. The standard InChI is InChI=1S/C11H15ClFNO/c1-7(14)3-8-4-10(12)5-9(6-15-2)11(8)13/h4-5,7H,3,6,14H2,1-2H3. The van der Waals surface area contributed by atoms with Crippen molar-refractivity contribution < 1.29 is 9.13 Å². The summed E-state index contributed by atoms with van der Waals surface area (Å²) in [6.45, 7) is 2.05. The van der Waals surface area contributed by atoms with Crippen molar-refractivity contribution in [2.24, 2.45) is 5.73 Å². The van der Waals surface area contributed by atoms with E-state index >= 15 is 0 Å². The molecular weight excluding hydrogens is 217 g/mol. The zero-order valence-corrected chi connectivity index (χ0v) is 9.64.